The highest BCUT2D eigenvalue weighted by atomic mass is 35.5. The maximum atomic E-state index is 11.1. The Morgan fingerprint density at radius 3 is 2.10 bits per heavy atom. The summed E-state index contributed by atoms with van der Waals surface area (Å²) < 4.78 is 0. The Hall–Kier alpha value is 0.210. The zero-order chi connectivity index (χ0) is 7.72. The van der Waals surface area contributed by atoms with E-state index in [1.54, 1.807) is 0 Å². The van der Waals surface area contributed by atoms with Crippen molar-refractivity contribution < 1.29 is 0 Å². The first-order valence-corrected chi connectivity index (χ1v) is 4.14. The van der Waals surface area contributed by atoms with Crippen molar-refractivity contribution in [1.29, 1.82) is 0 Å². The molecule has 0 spiro atoms. The second kappa shape index (κ2) is 3.07. The van der Waals surface area contributed by atoms with Gasteiger partial charge in [0, 0.05) is 5.38 Å². The molecule has 1 heterocycles. The summed E-state index contributed by atoms with van der Waals surface area (Å²) in [4.78, 5) is 0. The minimum Gasteiger partial charge on any atom is -0.785 e. The molecule has 2 nitrogen and oxygen atoms in total. The minimum absolute atomic E-state index is 0.103. The first-order chi connectivity index (χ1) is 4.61. The predicted molar refractivity (Wildman–Crippen MR) is 43.0 cm³/mol. The van der Waals surface area contributed by atoms with Gasteiger partial charge in [-0.3, -0.25) is 0 Å². The van der Waals surface area contributed by atoms with E-state index in [9.17, 15) is 5.21 Å². The normalized spacial score (nSPS) is 43.8. The first kappa shape index (κ1) is 8.31. The van der Waals surface area contributed by atoms with Crippen LogP contribution in [-0.4, -0.2) is 22.5 Å². The number of piperidine rings is 1. The van der Waals surface area contributed by atoms with E-state index in [4.69, 9.17) is 11.6 Å². The monoisotopic (exact) mass is 162 g/mol. The number of alkyl halides is 1. The lowest BCUT2D eigenvalue weighted by molar-refractivity contribution is 0.167. The Morgan fingerprint density at radius 1 is 1.30 bits per heavy atom. The van der Waals surface area contributed by atoms with Gasteiger partial charge < -0.3 is 10.3 Å². The zero-order valence-corrected chi connectivity index (χ0v) is 7.14. The third-order valence-corrected chi connectivity index (χ3v) is 2.42. The SMILES string of the molecule is CC1CC(Cl)CC(C)N1[O-]. The Labute approximate surface area is 66.7 Å². The summed E-state index contributed by atoms with van der Waals surface area (Å²) in [6.07, 6.45) is 1.66. The molecule has 10 heavy (non-hydrogen) atoms. The summed E-state index contributed by atoms with van der Waals surface area (Å²) in [7, 11) is 0. The molecule has 0 amide bonds. The molecule has 0 radical (unpaired) electrons. The number of nitrogens with zero attached hydrogens (tertiary/aromatic N) is 1. The van der Waals surface area contributed by atoms with Gasteiger partial charge in [-0.1, -0.05) is 13.8 Å². The van der Waals surface area contributed by atoms with Crippen LogP contribution < -0.4 is 0 Å². The van der Waals surface area contributed by atoms with Crippen LogP contribution in [0, 0.1) is 5.21 Å². The highest BCUT2D eigenvalue weighted by Crippen LogP contribution is 2.25. The number of hydroxylamine groups is 2. The predicted octanol–water partition coefficient (Wildman–Crippen LogP) is 1.96. The molecule has 0 aromatic heterocycles. The fraction of sp³-hybridized carbons (Fsp3) is 1.00. The Bertz CT molecular complexity index is 108. The molecule has 1 rings (SSSR count). The molecule has 60 valence electrons. The first-order valence-electron chi connectivity index (χ1n) is 3.70. The van der Waals surface area contributed by atoms with Crippen molar-refractivity contribution in [3.05, 3.63) is 5.21 Å². The third kappa shape index (κ3) is 1.62. The van der Waals surface area contributed by atoms with Crippen LogP contribution in [0.5, 0.6) is 0 Å². The van der Waals surface area contributed by atoms with E-state index in [1.807, 2.05) is 13.8 Å². The van der Waals surface area contributed by atoms with Gasteiger partial charge in [0.05, 0.1) is 0 Å². The molecule has 2 atom stereocenters. The van der Waals surface area contributed by atoms with Gasteiger partial charge in [-0.05, 0) is 24.9 Å². The summed E-state index contributed by atoms with van der Waals surface area (Å²) >= 11 is 5.91. The fourth-order valence-electron chi connectivity index (χ4n) is 1.48. The second-order valence-corrected chi connectivity index (χ2v) is 3.74. The smallest absolute Gasteiger partial charge is 0.0365 e. The summed E-state index contributed by atoms with van der Waals surface area (Å²) in [6.45, 7) is 3.86. The highest BCUT2D eigenvalue weighted by Gasteiger charge is 2.23. The van der Waals surface area contributed by atoms with Gasteiger partial charge in [-0.2, -0.15) is 0 Å². The molecule has 0 saturated carbocycles. The lowest BCUT2D eigenvalue weighted by atomic mass is 10.00. The molecule has 1 fully saturated rings. The van der Waals surface area contributed by atoms with Crippen molar-refractivity contribution in [1.82, 2.24) is 5.06 Å². The summed E-state index contributed by atoms with van der Waals surface area (Å²) in [5.41, 5.74) is 0. The number of hydrogen-bond donors (Lipinski definition) is 0. The van der Waals surface area contributed by atoms with E-state index in [-0.39, 0.29) is 17.5 Å². The fourth-order valence-corrected chi connectivity index (χ4v) is 1.99. The van der Waals surface area contributed by atoms with Crippen LogP contribution in [0.25, 0.3) is 0 Å². The molecule has 3 heteroatoms. The van der Waals surface area contributed by atoms with Crippen LogP contribution >= 0.6 is 11.6 Å². The van der Waals surface area contributed by atoms with Crippen LogP contribution in [0.2, 0.25) is 0 Å². The molecule has 1 aliphatic rings. The van der Waals surface area contributed by atoms with Gasteiger partial charge >= 0.3 is 0 Å². The molecule has 0 bridgehead atoms. The van der Waals surface area contributed by atoms with Crippen molar-refractivity contribution in [3.63, 3.8) is 0 Å². The third-order valence-electron chi connectivity index (χ3n) is 2.06. The van der Waals surface area contributed by atoms with Gasteiger partial charge in [-0.15, -0.1) is 11.6 Å². The number of hydrogen-bond acceptors (Lipinski definition) is 2. The van der Waals surface area contributed by atoms with E-state index < -0.39 is 0 Å². The molecule has 0 aromatic rings. The summed E-state index contributed by atoms with van der Waals surface area (Å²) in [6, 6.07) is 0.206. The Balaban J connectivity index is 2.49. The van der Waals surface area contributed by atoms with Crippen LogP contribution in [0.15, 0.2) is 0 Å². The quantitative estimate of drug-likeness (QED) is 0.509. The van der Waals surface area contributed by atoms with Crippen molar-refractivity contribution in [2.75, 3.05) is 0 Å². The van der Waals surface area contributed by atoms with Crippen molar-refractivity contribution in [3.8, 4) is 0 Å². The zero-order valence-electron chi connectivity index (χ0n) is 6.38. The molecule has 0 aliphatic carbocycles. The molecule has 0 N–H and O–H groups in total. The summed E-state index contributed by atoms with van der Waals surface area (Å²) in [5, 5.41) is 12.5. The van der Waals surface area contributed by atoms with Gasteiger partial charge in [0.1, 0.15) is 0 Å². The Morgan fingerprint density at radius 2 is 1.70 bits per heavy atom. The van der Waals surface area contributed by atoms with Crippen molar-refractivity contribution in [2.45, 2.75) is 44.1 Å². The van der Waals surface area contributed by atoms with Gasteiger partial charge in [0.25, 0.3) is 0 Å². The van der Waals surface area contributed by atoms with Crippen molar-refractivity contribution >= 4 is 11.6 Å². The second-order valence-electron chi connectivity index (χ2n) is 3.13. The van der Waals surface area contributed by atoms with E-state index in [1.165, 1.54) is 0 Å². The van der Waals surface area contributed by atoms with E-state index in [2.05, 4.69) is 0 Å². The standard InChI is InChI=1S/C7H13ClNO/c1-5-3-7(8)4-6(2)9(5)10/h5-7H,3-4H2,1-2H3/q-1. The lowest BCUT2D eigenvalue weighted by Gasteiger charge is -2.45. The topological polar surface area (TPSA) is 26.3 Å². The van der Waals surface area contributed by atoms with Gasteiger partial charge in [-0.25, -0.2) is 0 Å². The van der Waals surface area contributed by atoms with Gasteiger partial charge in [0.15, 0.2) is 0 Å². The van der Waals surface area contributed by atoms with E-state index >= 15 is 0 Å². The molecule has 1 saturated heterocycles. The highest BCUT2D eigenvalue weighted by molar-refractivity contribution is 6.20. The molecular formula is C7H13ClNO-. The average Bonchev–Trinajstić information content (AvgIpc) is 1.82. The minimum atomic E-state index is 0.103. The molecular weight excluding hydrogens is 150 g/mol. The maximum absolute atomic E-state index is 11.1. The van der Waals surface area contributed by atoms with E-state index in [0.717, 1.165) is 17.9 Å². The molecule has 2 unspecified atom stereocenters. The van der Waals surface area contributed by atoms with Crippen LogP contribution in [0.1, 0.15) is 26.7 Å². The lowest BCUT2D eigenvalue weighted by Crippen LogP contribution is -2.43. The van der Waals surface area contributed by atoms with Crippen LogP contribution in [0.4, 0.5) is 0 Å². The molecule has 0 aromatic carbocycles. The Kier molecular flexibility index (Phi) is 2.55. The largest absolute Gasteiger partial charge is 0.785 e. The summed E-state index contributed by atoms with van der Waals surface area (Å²) in [5.74, 6) is 0. The van der Waals surface area contributed by atoms with E-state index in [0.29, 0.717) is 0 Å². The number of rotatable bonds is 0. The van der Waals surface area contributed by atoms with Gasteiger partial charge in [0.2, 0.25) is 0 Å². The van der Waals surface area contributed by atoms with Crippen LogP contribution in [0.3, 0.4) is 0 Å². The maximum Gasteiger partial charge on any atom is 0.0365 e. The molecule has 1 aliphatic heterocycles. The van der Waals surface area contributed by atoms with Crippen LogP contribution in [-0.2, 0) is 0 Å². The number of halogens is 1. The van der Waals surface area contributed by atoms with Crippen molar-refractivity contribution in [2.24, 2.45) is 0 Å². The average molecular weight is 163 g/mol.